The number of nitrogens with one attached hydrogen (secondary N) is 2. The Morgan fingerprint density at radius 3 is 1.17 bits per heavy atom. The van der Waals surface area contributed by atoms with Crippen LogP contribution < -0.4 is 20.4 Å². The van der Waals surface area contributed by atoms with E-state index < -0.39 is 54.4 Å². The molecule has 0 spiro atoms. The molecule has 4 unspecified atom stereocenters. The van der Waals surface area contributed by atoms with E-state index in [2.05, 4.69) is 40.5 Å². The van der Waals surface area contributed by atoms with E-state index in [0.29, 0.717) is 0 Å². The molecule has 0 aliphatic carbocycles. The van der Waals surface area contributed by atoms with Gasteiger partial charge in [-0.2, -0.15) is 46.7 Å². The fourth-order valence-electron chi connectivity index (χ4n) is 5.21. The Kier molecular flexibility index (Phi) is 20.1. The van der Waals surface area contributed by atoms with Gasteiger partial charge in [0.2, 0.25) is 34.4 Å². The Bertz CT molecular complexity index is 2100. The van der Waals surface area contributed by atoms with E-state index in [9.17, 15) is 46.4 Å². The average Bonchev–Trinajstić information content (AvgIpc) is 3.05. The van der Waals surface area contributed by atoms with E-state index in [1.54, 1.807) is 0 Å². The van der Waals surface area contributed by atoms with Gasteiger partial charge in [0.05, 0.1) is 24.4 Å². The summed E-state index contributed by atoms with van der Waals surface area (Å²) in [7, 11) is -9.78. The second-order valence-electron chi connectivity index (χ2n) is 12.7. The molecule has 0 aliphatic rings. The third kappa shape index (κ3) is 15.9. The molecule has 58 heavy (non-hydrogen) atoms. The number of aliphatic hydroxyl groups excluding tert-OH is 4. The van der Waals surface area contributed by atoms with E-state index in [0.717, 1.165) is 12.1 Å². The van der Waals surface area contributed by atoms with Crippen molar-refractivity contribution in [3.05, 3.63) is 58.1 Å². The number of aliphatic hydroxyl groups is 4. The summed E-state index contributed by atoms with van der Waals surface area (Å²) in [6.07, 6.45) is -0.890. The van der Waals surface area contributed by atoms with Gasteiger partial charge in [-0.25, -0.2) is 0 Å². The van der Waals surface area contributed by atoms with Crippen LogP contribution in [0.3, 0.4) is 0 Å². The van der Waals surface area contributed by atoms with E-state index in [1.807, 2.05) is 0 Å². The summed E-state index contributed by atoms with van der Waals surface area (Å²) in [6.45, 7) is 6.30. The fourth-order valence-corrected chi connectivity index (χ4v) is 6.94. The number of benzene rings is 2. The van der Waals surface area contributed by atoms with Crippen LogP contribution in [0.2, 0.25) is 10.6 Å². The predicted octanol–water partition coefficient (Wildman–Crippen LogP) is 1.89. The van der Waals surface area contributed by atoms with Gasteiger partial charge in [-0.1, -0.05) is 24.3 Å². The molecular formula is C32H40Cl2N10Na2O10S2. The van der Waals surface area contributed by atoms with Crippen LogP contribution in [-0.4, -0.2) is 186 Å². The summed E-state index contributed by atoms with van der Waals surface area (Å²) in [6, 6.07) is 7.52. The van der Waals surface area contributed by atoms with Crippen LogP contribution in [0, 0.1) is 0 Å². The number of hydrogen-bond donors (Lipinski definition) is 8. The van der Waals surface area contributed by atoms with Crippen molar-refractivity contribution in [2.45, 2.75) is 61.9 Å². The number of aromatic nitrogens is 6. The minimum atomic E-state index is -4.89. The Hall–Kier alpha value is -2.36. The number of anilines is 6. The molecule has 306 valence electrons. The maximum absolute atomic E-state index is 12.5. The van der Waals surface area contributed by atoms with Crippen molar-refractivity contribution in [3.8, 4) is 0 Å². The van der Waals surface area contributed by atoms with Crippen LogP contribution in [0.15, 0.2) is 46.2 Å². The number of rotatable bonds is 18. The van der Waals surface area contributed by atoms with Crippen LogP contribution in [0.1, 0.15) is 38.8 Å². The smallest absolute Gasteiger partial charge is 0.295 e. The molecule has 20 nitrogen and oxygen atoms in total. The number of halogens is 2. The summed E-state index contributed by atoms with van der Waals surface area (Å²) in [4.78, 5) is 26.4. The summed E-state index contributed by atoms with van der Waals surface area (Å²) in [5, 5.41) is 44.7. The van der Waals surface area contributed by atoms with E-state index in [4.69, 9.17) is 23.2 Å². The van der Waals surface area contributed by atoms with E-state index in [-0.39, 0.29) is 142 Å². The van der Waals surface area contributed by atoms with Gasteiger partial charge in [0, 0.05) is 96.7 Å². The van der Waals surface area contributed by atoms with Gasteiger partial charge in [-0.05, 0) is 86.3 Å². The van der Waals surface area contributed by atoms with Gasteiger partial charge in [0.25, 0.3) is 20.2 Å². The summed E-state index contributed by atoms with van der Waals surface area (Å²) < 4.78 is 70.2. The fraction of sp³-hybridized carbons (Fsp3) is 0.375. The molecule has 4 aromatic rings. The van der Waals surface area contributed by atoms with Crippen molar-refractivity contribution < 1.29 is 46.4 Å². The number of nitrogens with zero attached hydrogens (tertiary/aromatic N) is 8. The van der Waals surface area contributed by atoms with Crippen molar-refractivity contribution >= 4 is 150 Å². The molecule has 2 heterocycles. The summed E-state index contributed by atoms with van der Waals surface area (Å²) >= 11 is 12.2. The first kappa shape index (κ1) is 51.8. The Balaban J connectivity index is 0.00000580. The van der Waals surface area contributed by atoms with E-state index in [1.165, 1.54) is 73.9 Å². The maximum atomic E-state index is 12.5. The first-order valence-electron chi connectivity index (χ1n) is 16.6. The first-order valence-corrected chi connectivity index (χ1v) is 20.2. The van der Waals surface area contributed by atoms with Crippen molar-refractivity contribution in [2.75, 3.05) is 46.6 Å². The van der Waals surface area contributed by atoms with Gasteiger partial charge in [-0.15, -0.1) is 0 Å². The minimum absolute atomic E-state index is 0. The molecule has 0 saturated carbocycles. The molecule has 0 aliphatic heterocycles. The van der Waals surface area contributed by atoms with Gasteiger partial charge >= 0.3 is 0 Å². The largest absolute Gasteiger partial charge is 0.392 e. The van der Waals surface area contributed by atoms with Crippen LogP contribution in [-0.2, 0) is 20.2 Å². The van der Waals surface area contributed by atoms with Gasteiger partial charge in [0.1, 0.15) is 9.79 Å². The second kappa shape index (κ2) is 22.5. The third-order valence-corrected chi connectivity index (χ3v) is 9.39. The second-order valence-corrected chi connectivity index (χ2v) is 16.2. The van der Waals surface area contributed by atoms with Crippen LogP contribution >= 0.6 is 23.2 Å². The van der Waals surface area contributed by atoms with Crippen LogP contribution in [0.5, 0.6) is 0 Å². The topological polar surface area (TPSA) is 298 Å². The minimum Gasteiger partial charge on any atom is -0.392 e. The molecule has 0 amide bonds. The molecular weight excluding hydrogens is 865 g/mol. The monoisotopic (exact) mass is 904 g/mol. The van der Waals surface area contributed by atoms with Crippen LogP contribution in [0.4, 0.5) is 35.2 Å². The van der Waals surface area contributed by atoms with Gasteiger partial charge in [0.15, 0.2) is 0 Å². The zero-order valence-electron chi connectivity index (χ0n) is 32.2. The van der Waals surface area contributed by atoms with Crippen molar-refractivity contribution in [1.82, 2.24) is 29.9 Å². The van der Waals surface area contributed by atoms with Crippen molar-refractivity contribution in [2.24, 2.45) is 0 Å². The van der Waals surface area contributed by atoms with Crippen LogP contribution in [0.25, 0.3) is 12.2 Å². The Morgan fingerprint density at radius 2 is 0.897 bits per heavy atom. The molecule has 26 heteroatoms. The Morgan fingerprint density at radius 1 is 0.586 bits per heavy atom. The van der Waals surface area contributed by atoms with Gasteiger partial charge < -0.3 is 40.9 Å². The van der Waals surface area contributed by atoms with Gasteiger partial charge in [-0.3, -0.25) is 9.11 Å². The van der Waals surface area contributed by atoms with Crippen molar-refractivity contribution in [1.29, 1.82) is 0 Å². The average molecular weight is 906 g/mol. The molecule has 0 fully saturated rings. The SMILES string of the molecule is CC(O)CN(CC(C)O)c1nc(Cl)nc(Nc2ccc(C=Cc3ccc(Nc4nc(Cl)nc(N(CC(C)O)CC(C)O)n4)cc3S(=O)(=O)O)c(S(=O)(=O)O)c2)n1.[Na].[Na]. The zero-order valence-corrected chi connectivity index (χ0v) is 39.4. The number of hydrogen-bond acceptors (Lipinski definition) is 18. The predicted molar refractivity (Wildman–Crippen MR) is 220 cm³/mol. The third-order valence-electron chi connectivity index (χ3n) is 7.23. The quantitative estimate of drug-likeness (QED) is 0.0402. The standard InChI is InChI=1S/C32H40Cl2N10O10S2.2Na/c1-17(45)13-43(14-18(2)46)31-39-27(33)37-29(41-31)35-23-9-7-21(25(11-23)55(49,50)51)5-6-22-8-10-24(12-26(22)56(52,53)54)36-30-38-28(34)40-32(42-30)44(15-19(3)47)16-20(4)48;;/h5-12,17-20,45-48H,13-16H2,1-4H3,(H,49,50,51)(H,52,53,54)(H,35,37,39,41)(H,36,38,40,42);;. The zero-order chi connectivity index (χ0) is 41.5. The molecule has 2 radical (unpaired) electrons. The summed E-state index contributed by atoms with van der Waals surface area (Å²) in [5.41, 5.74) is -0.00304. The molecule has 4 rings (SSSR count). The Labute approximate surface area is 389 Å². The summed E-state index contributed by atoms with van der Waals surface area (Å²) in [5.74, 6) is -0.253. The molecule has 4 atom stereocenters. The molecule has 2 aromatic carbocycles. The molecule has 8 N–H and O–H groups in total. The molecule has 2 aromatic heterocycles. The van der Waals surface area contributed by atoms with E-state index >= 15 is 0 Å². The molecule has 0 saturated heterocycles. The maximum Gasteiger partial charge on any atom is 0.295 e. The first-order chi connectivity index (χ1) is 26.1. The normalized spacial score (nSPS) is 13.8. The van der Waals surface area contributed by atoms with Crippen molar-refractivity contribution in [3.63, 3.8) is 0 Å². The molecule has 0 bridgehead atoms.